The molecule has 0 aliphatic carbocycles. The molecule has 2 N–H and O–H groups in total. The Kier molecular flexibility index (Phi) is 8.46. The molecular weight excluding hydrogens is 498 g/mol. The second-order valence-corrected chi connectivity index (χ2v) is 9.54. The van der Waals surface area contributed by atoms with Gasteiger partial charge in [-0.1, -0.05) is 61.2 Å². The first-order chi connectivity index (χ1) is 19.3. The Balaban J connectivity index is 1.55. The van der Waals surface area contributed by atoms with E-state index in [4.69, 9.17) is 5.26 Å². The molecular formula is C34H31N3O3. The summed E-state index contributed by atoms with van der Waals surface area (Å²) in [4.78, 5) is 24.6. The first kappa shape index (κ1) is 27.9. The number of carbonyl (C=O) groups excluding carboxylic acids is 1. The highest BCUT2D eigenvalue weighted by Gasteiger charge is 2.16. The van der Waals surface area contributed by atoms with E-state index < -0.39 is 5.97 Å². The highest BCUT2D eigenvalue weighted by molar-refractivity contribution is 6.05. The number of nitrogens with zero attached hydrogens (tertiary/aromatic N) is 2. The highest BCUT2D eigenvalue weighted by Crippen LogP contribution is 2.29. The van der Waals surface area contributed by atoms with Crippen LogP contribution in [0.4, 0.5) is 0 Å². The summed E-state index contributed by atoms with van der Waals surface area (Å²) in [7, 11) is 0. The van der Waals surface area contributed by atoms with E-state index in [0.717, 1.165) is 38.9 Å². The fourth-order valence-corrected chi connectivity index (χ4v) is 4.80. The standard InChI is InChI=1S/C34H31N3O3/c1-5-7-30(29(6-2)34(39)40)27-14-12-26(13-15-27)21-37-23(4)22(3)31-18-28(16-17-32(31)37)33(38)36-20-25-10-8-24(19-35)9-11-25/h5-18H,1,20-21H2,2-4H3,(H,36,38)(H,39,40)/b29-6+,30-7-. The molecule has 200 valence electrons. The van der Waals surface area contributed by atoms with Crippen LogP contribution in [-0.4, -0.2) is 21.6 Å². The third kappa shape index (κ3) is 5.79. The predicted molar refractivity (Wildman–Crippen MR) is 159 cm³/mol. The first-order valence-electron chi connectivity index (χ1n) is 13.0. The molecule has 0 atom stereocenters. The molecule has 1 aromatic heterocycles. The number of aromatic nitrogens is 1. The first-order valence-corrected chi connectivity index (χ1v) is 13.0. The van der Waals surface area contributed by atoms with E-state index in [1.54, 1.807) is 37.3 Å². The van der Waals surface area contributed by atoms with E-state index in [1.165, 1.54) is 0 Å². The minimum Gasteiger partial charge on any atom is -0.478 e. The Morgan fingerprint density at radius 2 is 1.65 bits per heavy atom. The van der Waals surface area contributed by atoms with Gasteiger partial charge in [0.1, 0.15) is 0 Å². The summed E-state index contributed by atoms with van der Waals surface area (Å²) in [5.41, 5.74) is 8.09. The van der Waals surface area contributed by atoms with Gasteiger partial charge in [0, 0.05) is 35.2 Å². The third-order valence-electron chi connectivity index (χ3n) is 7.14. The number of allylic oxidation sites excluding steroid dienone is 3. The summed E-state index contributed by atoms with van der Waals surface area (Å²) in [5, 5.41) is 22.5. The van der Waals surface area contributed by atoms with Gasteiger partial charge in [-0.05, 0) is 78.9 Å². The van der Waals surface area contributed by atoms with E-state index in [9.17, 15) is 14.7 Å². The van der Waals surface area contributed by atoms with Gasteiger partial charge < -0.3 is 15.0 Å². The van der Waals surface area contributed by atoms with Crippen LogP contribution >= 0.6 is 0 Å². The van der Waals surface area contributed by atoms with Crippen molar-refractivity contribution < 1.29 is 14.7 Å². The van der Waals surface area contributed by atoms with Gasteiger partial charge in [-0.2, -0.15) is 5.26 Å². The number of aryl methyl sites for hydroxylation is 1. The summed E-state index contributed by atoms with van der Waals surface area (Å²) in [6, 6.07) is 22.9. The van der Waals surface area contributed by atoms with Crippen molar-refractivity contribution >= 4 is 28.4 Å². The Bertz CT molecular complexity index is 1700. The molecule has 6 nitrogen and oxygen atoms in total. The number of nitriles is 1. The van der Waals surface area contributed by atoms with Crippen LogP contribution < -0.4 is 5.32 Å². The maximum absolute atomic E-state index is 12.9. The number of nitrogens with one attached hydrogen (secondary N) is 1. The number of carboxylic acids is 1. The topological polar surface area (TPSA) is 95.1 Å². The smallest absolute Gasteiger partial charge is 0.335 e. The Morgan fingerprint density at radius 3 is 2.25 bits per heavy atom. The average molecular weight is 530 g/mol. The van der Waals surface area contributed by atoms with E-state index in [1.807, 2.05) is 54.6 Å². The van der Waals surface area contributed by atoms with Crippen LogP contribution in [0.2, 0.25) is 0 Å². The SMILES string of the molecule is C=C/C=C(\C(=C/C)C(=O)O)c1ccc(Cn2c(C)c(C)c3cc(C(=O)NCc4ccc(C#N)cc4)ccc32)cc1. The lowest BCUT2D eigenvalue weighted by Gasteiger charge is -2.12. The molecule has 3 aromatic carbocycles. The van der Waals surface area contributed by atoms with Gasteiger partial charge >= 0.3 is 5.97 Å². The molecule has 0 aliphatic rings. The van der Waals surface area contributed by atoms with Gasteiger partial charge in [-0.15, -0.1) is 0 Å². The van der Waals surface area contributed by atoms with Crippen LogP contribution in [0.25, 0.3) is 16.5 Å². The molecule has 0 saturated carbocycles. The number of aliphatic carboxylic acids is 1. The molecule has 1 amide bonds. The molecule has 0 bridgehead atoms. The van der Waals surface area contributed by atoms with Crippen LogP contribution in [0.5, 0.6) is 0 Å². The van der Waals surface area contributed by atoms with Gasteiger partial charge in [-0.3, -0.25) is 4.79 Å². The van der Waals surface area contributed by atoms with Gasteiger partial charge in [0.2, 0.25) is 0 Å². The molecule has 4 aromatic rings. The fraction of sp³-hybridized carbons (Fsp3) is 0.147. The average Bonchev–Trinajstić information content (AvgIpc) is 3.20. The zero-order valence-electron chi connectivity index (χ0n) is 22.9. The Hall–Kier alpha value is -5.15. The molecule has 0 aliphatic heterocycles. The molecule has 6 heteroatoms. The van der Waals surface area contributed by atoms with E-state index in [0.29, 0.717) is 29.8 Å². The molecule has 0 spiro atoms. The van der Waals surface area contributed by atoms with Crippen molar-refractivity contribution in [2.24, 2.45) is 0 Å². The summed E-state index contributed by atoms with van der Waals surface area (Å²) < 4.78 is 2.23. The van der Waals surface area contributed by atoms with Gasteiger partial charge in [0.05, 0.1) is 17.2 Å². The number of carbonyl (C=O) groups is 2. The number of benzene rings is 3. The number of carboxylic acid groups (broad SMARTS) is 1. The van der Waals surface area contributed by atoms with Gasteiger partial charge in [0.25, 0.3) is 5.91 Å². The summed E-state index contributed by atoms with van der Waals surface area (Å²) >= 11 is 0. The van der Waals surface area contributed by atoms with Crippen molar-refractivity contribution in [1.82, 2.24) is 9.88 Å². The minimum atomic E-state index is -0.980. The van der Waals surface area contributed by atoms with Crippen molar-refractivity contribution in [3.05, 3.63) is 136 Å². The fourth-order valence-electron chi connectivity index (χ4n) is 4.80. The largest absolute Gasteiger partial charge is 0.478 e. The van der Waals surface area contributed by atoms with Crippen LogP contribution in [0.3, 0.4) is 0 Å². The normalized spacial score (nSPS) is 11.8. The number of hydrogen-bond donors (Lipinski definition) is 2. The maximum Gasteiger partial charge on any atom is 0.335 e. The summed E-state index contributed by atoms with van der Waals surface area (Å²) in [5.74, 6) is -1.14. The molecule has 40 heavy (non-hydrogen) atoms. The zero-order valence-corrected chi connectivity index (χ0v) is 22.9. The molecule has 4 rings (SSSR count). The van der Waals surface area contributed by atoms with Crippen LogP contribution in [-0.2, 0) is 17.9 Å². The molecule has 0 radical (unpaired) electrons. The summed E-state index contributed by atoms with van der Waals surface area (Å²) in [6.45, 7) is 10.6. The third-order valence-corrected chi connectivity index (χ3v) is 7.14. The van der Waals surface area contributed by atoms with Crippen molar-refractivity contribution in [3.63, 3.8) is 0 Å². The maximum atomic E-state index is 12.9. The number of fused-ring (bicyclic) bond motifs is 1. The predicted octanol–water partition coefficient (Wildman–Crippen LogP) is 6.71. The lowest BCUT2D eigenvalue weighted by Crippen LogP contribution is -2.22. The number of hydrogen-bond acceptors (Lipinski definition) is 3. The van der Waals surface area contributed by atoms with Crippen molar-refractivity contribution in [1.29, 1.82) is 5.26 Å². The van der Waals surface area contributed by atoms with E-state index >= 15 is 0 Å². The Morgan fingerprint density at radius 1 is 1.00 bits per heavy atom. The lowest BCUT2D eigenvalue weighted by molar-refractivity contribution is -0.132. The van der Waals surface area contributed by atoms with Gasteiger partial charge in [-0.25, -0.2) is 4.79 Å². The minimum absolute atomic E-state index is 0.156. The van der Waals surface area contributed by atoms with Crippen LogP contribution in [0.15, 0.2) is 97.1 Å². The van der Waals surface area contributed by atoms with Crippen LogP contribution in [0, 0.1) is 25.2 Å². The van der Waals surface area contributed by atoms with E-state index in [2.05, 4.69) is 36.4 Å². The number of rotatable bonds is 9. The van der Waals surface area contributed by atoms with E-state index in [-0.39, 0.29) is 11.5 Å². The van der Waals surface area contributed by atoms with Crippen LogP contribution in [0.1, 0.15) is 50.8 Å². The van der Waals surface area contributed by atoms with Gasteiger partial charge in [0.15, 0.2) is 0 Å². The Labute approximate surface area is 234 Å². The highest BCUT2D eigenvalue weighted by atomic mass is 16.4. The van der Waals surface area contributed by atoms with Crippen molar-refractivity contribution in [2.45, 2.75) is 33.9 Å². The molecule has 1 heterocycles. The lowest BCUT2D eigenvalue weighted by atomic mass is 9.96. The monoisotopic (exact) mass is 529 g/mol. The number of amides is 1. The molecule has 0 fully saturated rings. The second kappa shape index (κ2) is 12.1. The zero-order chi connectivity index (χ0) is 28.8. The summed E-state index contributed by atoms with van der Waals surface area (Å²) in [6.07, 6.45) is 4.89. The second-order valence-electron chi connectivity index (χ2n) is 9.54. The van der Waals surface area contributed by atoms with Crippen molar-refractivity contribution in [2.75, 3.05) is 0 Å². The quantitative estimate of drug-likeness (QED) is 0.186. The molecule has 0 saturated heterocycles. The molecule has 0 unspecified atom stereocenters. The van der Waals surface area contributed by atoms with Crippen molar-refractivity contribution in [3.8, 4) is 6.07 Å².